The maximum absolute atomic E-state index is 12.4. The van der Waals surface area contributed by atoms with E-state index in [1.807, 2.05) is 43.3 Å². The minimum atomic E-state index is -0.0236. The van der Waals surface area contributed by atoms with Crippen molar-refractivity contribution in [1.82, 2.24) is 4.90 Å². The highest BCUT2D eigenvalue weighted by Crippen LogP contribution is 2.33. The van der Waals surface area contributed by atoms with Crippen LogP contribution in [0.25, 0.3) is 6.08 Å². The quantitative estimate of drug-likeness (QED) is 0.398. The number of rotatable bonds is 6. The third kappa shape index (κ3) is 5.05. The maximum atomic E-state index is 12.4. The Morgan fingerprint density at radius 1 is 1.19 bits per heavy atom. The number of halogens is 2. The van der Waals surface area contributed by atoms with Gasteiger partial charge in [0, 0.05) is 22.2 Å². The molecule has 1 aliphatic heterocycles. The molecule has 0 N–H and O–H groups in total. The smallest absolute Gasteiger partial charge is 0.266 e. The fourth-order valence-electron chi connectivity index (χ4n) is 2.53. The molecule has 3 rings (SSSR count). The number of nitrogens with zero attached hydrogens (tertiary/aromatic N) is 1. The molecule has 3 nitrogen and oxygen atoms in total. The summed E-state index contributed by atoms with van der Waals surface area (Å²) in [7, 11) is 0. The van der Waals surface area contributed by atoms with Gasteiger partial charge in [0.15, 0.2) is 0 Å². The van der Waals surface area contributed by atoms with Crippen molar-refractivity contribution in [2.24, 2.45) is 0 Å². The monoisotopic (exact) mass is 437 g/mol. The number of carbonyl (C=O) groups is 1. The Labute approximate surface area is 178 Å². The molecular formula is C20H17Cl2NO2S2. The van der Waals surface area contributed by atoms with Crippen molar-refractivity contribution in [2.45, 2.75) is 20.0 Å². The summed E-state index contributed by atoms with van der Waals surface area (Å²) >= 11 is 18.7. The first kappa shape index (κ1) is 20.2. The lowest BCUT2D eigenvalue weighted by molar-refractivity contribution is -0.122. The van der Waals surface area contributed by atoms with E-state index in [2.05, 4.69) is 0 Å². The van der Waals surface area contributed by atoms with Gasteiger partial charge in [0.1, 0.15) is 16.7 Å². The number of ether oxygens (including phenoxy) is 1. The van der Waals surface area contributed by atoms with E-state index in [0.29, 0.717) is 32.4 Å². The average Bonchev–Trinajstić information content (AvgIpc) is 2.90. The number of hydrogen-bond acceptors (Lipinski definition) is 4. The first-order valence-corrected chi connectivity index (χ1v) is 10.4. The van der Waals surface area contributed by atoms with Crippen molar-refractivity contribution in [2.75, 3.05) is 6.54 Å². The molecule has 0 unspecified atom stereocenters. The summed E-state index contributed by atoms with van der Waals surface area (Å²) in [5.41, 5.74) is 1.79. The van der Waals surface area contributed by atoms with Crippen LogP contribution in [0.1, 0.15) is 24.5 Å². The third-order valence-corrected chi connectivity index (χ3v) is 5.87. The van der Waals surface area contributed by atoms with Crippen LogP contribution in [0, 0.1) is 0 Å². The van der Waals surface area contributed by atoms with Crippen LogP contribution >= 0.6 is 47.2 Å². The molecule has 0 aromatic heterocycles. The number of amides is 1. The molecule has 0 aliphatic carbocycles. The molecule has 0 atom stereocenters. The van der Waals surface area contributed by atoms with Crippen LogP contribution < -0.4 is 4.74 Å². The zero-order valence-corrected chi connectivity index (χ0v) is 17.7. The van der Waals surface area contributed by atoms with Crippen LogP contribution in [0.15, 0.2) is 47.4 Å². The first-order valence-electron chi connectivity index (χ1n) is 8.40. The standard InChI is InChI=1S/C20H17Cl2NO2S2/c1-2-9-23-19(24)18(27-20(23)26)10-13-3-7-16(8-4-13)25-12-14-5-6-15(21)11-17(14)22/h3-8,10-11H,2,9,12H2,1H3/b18-10+. The molecule has 140 valence electrons. The summed E-state index contributed by atoms with van der Waals surface area (Å²) in [5, 5.41) is 1.17. The molecule has 2 aromatic rings. The lowest BCUT2D eigenvalue weighted by Gasteiger charge is -2.11. The van der Waals surface area contributed by atoms with Crippen molar-refractivity contribution in [3.63, 3.8) is 0 Å². The molecule has 27 heavy (non-hydrogen) atoms. The summed E-state index contributed by atoms with van der Waals surface area (Å²) in [5.74, 6) is 0.696. The first-order chi connectivity index (χ1) is 13.0. The predicted octanol–water partition coefficient (Wildman–Crippen LogP) is 6.18. The van der Waals surface area contributed by atoms with E-state index in [1.54, 1.807) is 17.0 Å². The summed E-state index contributed by atoms with van der Waals surface area (Å²) in [6.07, 6.45) is 2.73. The average molecular weight is 438 g/mol. The topological polar surface area (TPSA) is 29.5 Å². The minimum absolute atomic E-state index is 0.0236. The van der Waals surface area contributed by atoms with Crippen LogP contribution in [0.3, 0.4) is 0 Å². The normalized spacial score (nSPS) is 15.7. The Hall–Kier alpha value is -1.53. The fourth-order valence-corrected chi connectivity index (χ4v) is 4.30. The Kier molecular flexibility index (Phi) is 6.82. The van der Waals surface area contributed by atoms with E-state index in [9.17, 15) is 4.79 Å². The number of carbonyl (C=O) groups excluding carboxylic acids is 1. The highest BCUT2D eigenvalue weighted by atomic mass is 35.5. The zero-order chi connectivity index (χ0) is 19.4. The molecule has 7 heteroatoms. The maximum Gasteiger partial charge on any atom is 0.266 e. The molecule has 2 aromatic carbocycles. The van der Waals surface area contributed by atoms with E-state index in [0.717, 1.165) is 23.3 Å². The Bertz CT molecular complexity index is 897. The molecule has 1 heterocycles. The summed E-state index contributed by atoms with van der Waals surface area (Å²) in [4.78, 5) is 14.7. The van der Waals surface area contributed by atoms with Gasteiger partial charge in [-0.3, -0.25) is 9.69 Å². The van der Waals surface area contributed by atoms with Gasteiger partial charge in [-0.1, -0.05) is 72.3 Å². The van der Waals surface area contributed by atoms with Gasteiger partial charge in [0.05, 0.1) is 4.91 Å². The molecular weight excluding hydrogens is 421 g/mol. The van der Waals surface area contributed by atoms with Crippen LogP contribution in [-0.4, -0.2) is 21.7 Å². The minimum Gasteiger partial charge on any atom is -0.489 e. The van der Waals surface area contributed by atoms with Gasteiger partial charge in [-0.05, 0) is 42.3 Å². The summed E-state index contributed by atoms with van der Waals surface area (Å²) in [6, 6.07) is 12.9. The van der Waals surface area contributed by atoms with Gasteiger partial charge in [-0.25, -0.2) is 0 Å². The van der Waals surface area contributed by atoms with E-state index in [-0.39, 0.29) is 5.91 Å². The van der Waals surface area contributed by atoms with Crippen LogP contribution in [0.2, 0.25) is 10.0 Å². The molecule has 0 bridgehead atoms. The van der Waals surface area contributed by atoms with Gasteiger partial charge < -0.3 is 4.74 Å². The van der Waals surface area contributed by atoms with Crippen molar-refractivity contribution in [1.29, 1.82) is 0 Å². The lowest BCUT2D eigenvalue weighted by Crippen LogP contribution is -2.28. The lowest BCUT2D eigenvalue weighted by atomic mass is 10.2. The summed E-state index contributed by atoms with van der Waals surface area (Å²) < 4.78 is 6.39. The van der Waals surface area contributed by atoms with Gasteiger partial charge >= 0.3 is 0 Å². The molecule has 1 aliphatic rings. The van der Waals surface area contributed by atoms with E-state index in [1.165, 1.54) is 11.8 Å². The third-order valence-electron chi connectivity index (χ3n) is 3.91. The van der Waals surface area contributed by atoms with Gasteiger partial charge in [0.2, 0.25) is 0 Å². The summed E-state index contributed by atoms with van der Waals surface area (Å²) in [6.45, 7) is 3.03. The second kappa shape index (κ2) is 9.11. The molecule has 1 saturated heterocycles. The van der Waals surface area contributed by atoms with Gasteiger partial charge in [-0.15, -0.1) is 0 Å². The number of benzene rings is 2. The van der Waals surface area contributed by atoms with E-state index in [4.69, 9.17) is 40.2 Å². The fraction of sp³-hybridized carbons (Fsp3) is 0.200. The second-order valence-electron chi connectivity index (χ2n) is 5.93. The SMILES string of the molecule is CCCN1C(=O)/C(=C\c2ccc(OCc3ccc(Cl)cc3Cl)cc2)SC1=S. The zero-order valence-electron chi connectivity index (χ0n) is 14.6. The van der Waals surface area contributed by atoms with Crippen molar-refractivity contribution >= 4 is 63.5 Å². The van der Waals surface area contributed by atoms with Crippen LogP contribution in [0.4, 0.5) is 0 Å². The second-order valence-corrected chi connectivity index (χ2v) is 8.45. The van der Waals surface area contributed by atoms with Gasteiger partial charge in [0.25, 0.3) is 5.91 Å². The Morgan fingerprint density at radius 2 is 1.93 bits per heavy atom. The number of hydrogen-bond donors (Lipinski definition) is 0. The number of thiocarbonyl (C=S) groups is 1. The molecule has 1 fully saturated rings. The molecule has 0 radical (unpaired) electrons. The van der Waals surface area contributed by atoms with Crippen molar-refractivity contribution < 1.29 is 9.53 Å². The Balaban J connectivity index is 1.65. The van der Waals surface area contributed by atoms with Gasteiger partial charge in [-0.2, -0.15) is 0 Å². The van der Waals surface area contributed by atoms with E-state index < -0.39 is 0 Å². The Morgan fingerprint density at radius 3 is 2.59 bits per heavy atom. The van der Waals surface area contributed by atoms with Crippen molar-refractivity contribution in [3.05, 3.63) is 68.5 Å². The van der Waals surface area contributed by atoms with Crippen LogP contribution in [0.5, 0.6) is 5.75 Å². The largest absolute Gasteiger partial charge is 0.489 e. The highest BCUT2D eigenvalue weighted by Gasteiger charge is 2.31. The predicted molar refractivity (Wildman–Crippen MR) is 117 cm³/mol. The number of thioether (sulfide) groups is 1. The van der Waals surface area contributed by atoms with Crippen LogP contribution in [-0.2, 0) is 11.4 Å². The molecule has 0 saturated carbocycles. The molecule has 1 amide bonds. The molecule has 0 spiro atoms. The van der Waals surface area contributed by atoms with Crippen molar-refractivity contribution in [3.8, 4) is 5.75 Å². The van der Waals surface area contributed by atoms with E-state index >= 15 is 0 Å². The highest BCUT2D eigenvalue weighted by molar-refractivity contribution is 8.26.